The third-order valence-electron chi connectivity index (χ3n) is 12.1. The maximum absolute atomic E-state index is 2.51. The van der Waals surface area contributed by atoms with Gasteiger partial charge in [-0.3, -0.25) is 0 Å². The van der Waals surface area contributed by atoms with E-state index in [0.29, 0.717) is 0 Å². The molecule has 0 saturated heterocycles. The predicted octanol–water partition coefficient (Wildman–Crippen LogP) is 14.6. The largest absolute Gasteiger partial charge is 0.309 e. The van der Waals surface area contributed by atoms with Gasteiger partial charge in [0.1, 0.15) is 0 Å². The molecule has 0 aliphatic rings. The first kappa shape index (κ1) is 32.5. The fraction of sp³-hybridized carbons (Fsp3) is 0.0741. The minimum absolute atomic E-state index is 0.935. The number of aryl methyl sites for hydroxylation is 2. The number of nitrogens with zero attached hydrogens (tertiary/aromatic N) is 2. The third kappa shape index (κ3) is 4.82. The van der Waals surface area contributed by atoms with Crippen LogP contribution in [0.2, 0.25) is 0 Å². The lowest BCUT2D eigenvalue weighted by Gasteiger charge is -2.21. The predicted molar refractivity (Wildman–Crippen MR) is 240 cm³/mol. The zero-order valence-corrected chi connectivity index (χ0v) is 31.6. The van der Waals surface area contributed by atoms with Gasteiger partial charge in [-0.25, -0.2) is 0 Å². The summed E-state index contributed by atoms with van der Waals surface area (Å²) < 4.78 is 4.90. The molecular formula is C54H40N2. The van der Waals surface area contributed by atoms with Gasteiger partial charge in [-0.15, -0.1) is 0 Å². The highest BCUT2D eigenvalue weighted by atomic mass is 15.0. The Kier molecular flexibility index (Phi) is 7.47. The van der Waals surface area contributed by atoms with Crippen molar-refractivity contribution in [2.45, 2.75) is 26.7 Å². The van der Waals surface area contributed by atoms with Crippen molar-refractivity contribution in [2.75, 3.05) is 0 Å². The Balaban J connectivity index is 1.14. The van der Waals surface area contributed by atoms with Gasteiger partial charge in [0, 0.05) is 32.6 Å². The highest BCUT2D eigenvalue weighted by Gasteiger charge is 2.21. The molecule has 0 saturated carbocycles. The van der Waals surface area contributed by atoms with Gasteiger partial charge in [0.25, 0.3) is 0 Å². The fourth-order valence-electron chi connectivity index (χ4n) is 9.50. The molecule has 2 aromatic heterocycles. The van der Waals surface area contributed by atoms with Crippen LogP contribution in [0.25, 0.3) is 98.8 Å². The Morgan fingerprint density at radius 3 is 1.50 bits per heavy atom. The third-order valence-corrected chi connectivity index (χ3v) is 12.1. The lowest BCUT2D eigenvalue weighted by Crippen LogP contribution is -2.01. The zero-order chi connectivity index (χ0) is 37.3. The lowest BCUT2D eigenvalue weighted by atomic mass is 9.85. The van der Waals surface area contributed by atoms with E-state index >= 15 is 0 Å². The summed E-state index contributed by atoms with van der Waals surface area (Å²) in [6, 6.07) is 67.5. The van der Waals surface area contributed by atoms with Gasteiger partial charge in [0.05, 0.1) is 27.8 Å². The summed E-state index contributed by atoms with van der Waals surface area (Å²) in [6.07, 6.45) is 1.92. The first-order valence-corrected chi connectivity index (χ1v) is 19.9. The molecule has 0 fully saturated rings. The molecule has 56 heavy (non-hydrogen) atoms. The first-order valence-electron chi connectivity index (χ1n) is 19.9. The van der Waals surface area contributed by atoms with Crippen molar-refractivity contribution in [2.24, 2.45) is 0 Å². The molecule has 0 amide bonds. The van der Waals surface area contributed by atoms with Gasteiger partial charge in [0.2, 0.25) is 0 Å². The molecule has 0 atom stereocenters. The van der Waals surface area contributed by atoms with E-state index in [0.717, 1.165) is 12.8 Å². The molecule has 9 aromatic carbocycles. The highest BCUT2D eigenvalue weighted by molar-refractivity contribution is 6.15. The maximum Gasteiger partial charge on any atom is 0.0543 e. The topological polar surface area (TPSA) is 9.86 Å². The number of fused-ring (bicyclic) bond motifs is 8. The van der Waals surface area contributed by atoms with Gasteiger partial charge in [-0.2, -0.15) is 0 Å². The minimum atomic E-state index is 0.935. The van der Waals surface area contributed by atoms with Crippen LogP contribution in [0.3, 0.4) is 0 Å². The Hall–Kier alpha value is -6.90. The molecule has 0 bridgehead atoms. The van der Waals surface area contributed by atoms with E-state index in [-0.39, 0.29) is 0 Å². The molecule has 0 unspecified atom stereocenters. The maximum atomic E-state index is 2.51. The second kappa shape index (κ2) is 12.9. The van der Waals surface area contributed by atoms with Crippen molar-refractivity contribution in [3.63, 3.8) is 0 Å². The first-order chi connectivity index (χ1) is 27.7. The molecule has 0 radical (unpaired) electrons. The number of benzene rings is 9. The van der Waals surface area contributed by atoms with Gasteiger partial charge in [-0.1, -0.05) is 141 Å². The minimum Gasteiger partial charge on any atom is -0.309 e. The summed E-state index contributed by atoms with van der Waals surface area (Å²) >= 11 is 0. The Morgan fingerprint density at radius 1 is 0.339 bits per heavy atom. The van der Waals surface area contributed by atoms with E-state index in [9.17, 15) is 0 Å². The summed E-state index contributed by atoms with van der Waals surface area (Å²) in [6.45, 7) is 4.59. The van der Waals surface area contributed by atoms with Gasteiger partial charge in [0.15, 0.2) is 0 Å². The number of hydrogen-bond donors (Lipinski definition) is 0. The van der Waals surface area contributed by atoms with Gasteiger partial charge in [-0.05, 0) is 117 Å². The monoisotopic (exact) mass is 716 g/mol. The average molecular weight is 717 g/mol. The van der Waals surface area contributed by atoms with Crippen molar-refractivity contribution < 1.29 is 0 Å². The van der Waals surface area contributed by atoms with Crippen LogP contribution in [-0.2, 0) is 12.8 Å². The normalized spacial score (nSPS) is 11.9. The average Bonchev–Trinajstić information content (AvgIpc) is 3.78. The van der Waals surface area contributed by atoms with Crippen LogP contribution in [0.4, 0.5) is 0 Å². The standard InChI is InChI=1S/C54H40N2/c1-3-35-26-27-37-16-8-9-19-41(37)53(35)54-36(4-2)34-52(42-20-10-11-23-45(42)54)56-49-25-15-13-22-44(49)47-33-39(29-31-51(47)56)38-28-30-50-46(32-38)43-21-12-14-24-48(43)55(50)40-17-6-5-7-18-40/h5-34H,3-4H2,1-2H3. The summed E-state index contributed by atoms with van der Waals surface area (Å²) in [5, 5.41) is 10.2. The Morgan fingerprint density at radius 2 is 0.839 bits per heavy atom. The molecule has 0 aliphatic carbocycles. The lowest BCUT2D eigenvalue weighted by molar-refractivity contribution is 1.11. The van der Waals surface area contributed by atoms with Crippen LogP contribution in [0.15, 0.2) is 182 Å². The van der Waals surface area contributed by atoms with Gasteiger partial charge >= 0.3 is 0 Å². The fourth-order valence-corrected chi connectivity index (χ4v) is 9.50. The molecular weight excluding hydrogens is 677 g/mol. The quantitative estimate of drug-likeness (QED) is 0.162. The number of para-hydroxylation sites is 3. The molecule has 0 aliphatic heterocycles. The van der Waals surface area contributed by atoms with Crippen LogP contribution in [-0.4, -0.2) is 9.13 Å². The van der Waals surface area contributed by atoms with E-state index in [1.54, 1.807) is 0 Å². The van der Waals surface area contributed by atoms with E-state index in [2.05, 4.69) is 205 Å². The Bertz CT molecular complexity index is 3320. The Labute approximate surface area is 326 Å². The molecule has 0 spiro atoms. The number of aromatic nitrogens is 2. The van der Waals surface area contributed by atoms with Crippen molar-refractivity contribution >= 4 is 65.2 Å². The second-order valence-corrected chi connectivity index (χ2v) is 15.0. The highest BCUT2D eigenvalue weighted by Crippen LogP contribution is 2.44. The number of rotatable bonds is 6. The molecule has 0 N–H and O–H groups in total. The van der Waals surface area contributed by atoms with Crippen molar-refractivity contribution in [1.82, 2.24) is 9.13 Å². The van der Waals surface area contributed by atoms with E-state index < -0.39 is 0 Å². The summed E-state index contributed by atoms with van der Waals surface area (Å²) in [7, 11) is 0. The van der Waals surface area contributed by atoms with Crippen LogP contribution in [0.5, 0.6) is 0 Å². The molecule has 11 rings (SSSR count). The SMILES string of the molecule is CCc1ccc2ccccc2c1-c1c(CC)cc(-n2c3ccccc3c3cc(-c4ccc5c(c4)c4ccccc4n5-c4ccccc4)ccc32)c2ccccc12. The molecule has 266 valence electrons. The summed E-state index contributed by atoms with van der Waals surface area (Å²) in [5.41, 5.74) is 15.2. The van der Waals surface area contributed by atoms with E-state index in [4.69, 9.17) is 0 Å². The molecule has 2 heterocycles. The van der Waals surface area contributed by atoms with Crippen molar-refractivity contribution in [1.29, 1.82) is 0 Å². The molecule has 2 nitrogen and oxygen atoms in total. The van der Waals surface area contributed by atoms with Crippen LogP contribution in [0, 0.1) is 0 Å². The van der Waals surface area contributed by atoms with Crippen molar-refractivity contribution in [3.05, 3.63) is 193 Å². The smallest absolute Gasteiger partial charge is 0.0543 e. The molecule has 2 heteroatoms. The molecule has 11 aromatic rings. The van der Waals surface area contributed by atoms with Crippen LogP contribution < -0.4 is 0 Å². The van der Waals surface area contributed by atoms with Crippen LogP contribution in [0.1, 0.15) is 25.0 Å². The van der Waals surface area contributed by atoms with Gasteiger partial charge < -0.3 is 9.13 Å². The zero-order valence-electron chi connectivity index (χ0n) is 31.6. The summed E-state index contributed by atoms with van der Waals surface area (Å²) in [4.78, 5) is 0. The van der Waals surface area contributed by atoms with E-state index in [1.807, 2.05) is 0 Å². The van der Waals surface area contributed by atoms with Crippen LogP contribution >= 0.6 is 0 Å². The van der Waals surface area contributed by atoms with Crippen molar-refractivity contribution in [3.8, 4) is 33.6 Å². The van der Waals surface area contributed by atoms with E-state index in [1.165, 1.54) is 110 Å². The number of hydrogen-bond acceptors (Lipinski definition) is 0. The summed E-state index contributed by atoms with van der Waals surface area (Å²) in [5.74, 6) is 0. The second-order valence-electron chi connectivity index (χ2n) is 15.0.